The first-order valence-electron chi connectivity index (χ1n) is 5.77. The van der Waals surface area contributed by atoms with Crippen LogP contribution in [0.25, 0.3) is 0 Å². The van der Waals surface area contributed by atoms with E-state index in [-0.39, 0.29) is 12.6 Å². The molecule has 0 bridgehead atoms. The van der Waals surface area contributed by atoms with Crippen LogP contribution >= 0.6 is 11.6 Å². The highest BCUT2D eigenvalue weighted by atomic mass is 35.5. The Balaban J connectivity index is 2.40. The largest absolute Gasteiger partial charge is 0.389 e. The van der Waals surface area contributed by atoms with Gasteiger partial charge in [-0.05, 0) is 38.0 Å². The van der Waals surface area contributed by atoms with E-state index >= 15 is 0 Å². The molecule has 0 spiro atoms. The van der Waals surface area contributed by atoms with E-state index in [9.17, 15) is 9.90 Å². The van der Waals surface area contributed by atoms with Crippen LogP contribution in [0.1, 0.15) is 25.0 Å². The van der Waals surface area contributed by atoms with Gasteiger partial charge in [0.25, 0.3) is 0 Å². The molecule has 0 heterocycles. The summed E-state index contributed by atoms with van der Waals surface area (Å²) in [5.41, 5.74) is 1.05. The first-order valence-corrected chi connectivity index (χ1v) is 6.15. The number of carbonyl (C=O) groups is 1. The molecule has 18 heavy (non-hydrogen) atoms. The topological polar surface area (TPSA) is 61.4 Å². The molecule has 0 unspecified atom stereocenters. The lowest BCUT2D eigenvalue weighted by Crippen LogP contribution is -2.43. The van der Waals surface area contributed by atoms with E-state index in [2.05, 4.69) is 10.6 Å². The van der Waals surface area contributed by atoms with Gasteiger partial charge in [-0.3, -0.25) is 0 Å². The number of hydrogen-bond donors (Lipinski definition) is 3. The van der Waals surface area contributed by atoms with Crippen LogP contribution in [-0.2, 0) is 6.54 Å². The Hall–Kier alpha value is -1.26. The zero-order valence-corrected chi connectivity index (χ0v) is 11.6. The van der Waals surface area contributed by atoms with Gasteiger partial charge in [-0.15, -0.1) is 0 Å². The molecule has 0 atom stereocenters. The summed E-state index contributed by atoms with van der Waals surface area (Å²) in [5.74, 6) is 0. The van der Waals surface area contributed by atoms with Crippen LogP contribution in [0.4, 0.5) is 4.79 Å². The molecule has 0 fully saturated rings. The maximum absolute atomic E-state index is 11.5. The molecule has 0 aliphatic carbocycles. The normalized spacial score (nSPS) is 11.2. The van der Waals surface area contributed by atoms with Crippen molar-refractivity contribution < 1.29 is 9.90 Å². The SMILES string of the molecule is Cc1cc(CNC(=O)NCC(C)(C)O)ccc1Cl. The molecule has 0 aliphatic rings. The monoisotopic (exact) mass is 270 g/mol. The molecule has 3 N–H and O–H groups in total. The second kappa shape index (κ2) is 6.07. The molecule has 1 aromatic carbocycles. The smallest absolute Gasteiger partial charge is 0.315 e. The summed E-state index contributed by atoms with van der Waals surface area (Å²) in [5, 5.41) is 15.5. The molecule has 0 saturated heterocycles. The van der Waals surface area contributed by atoms with Gasteiger partial charge >= 0.3 is 6.03 Å². The third kappa shape index (κ3) is 5.38. The lowest BCUT2D eigenvalue weighted by Gasteiger charge is -2.17. The van der Waals surface area contributed by atoms with Crippen LogP contribution < -0.4 is 10.6 Å². The molecule has 1 aromatic rings. The molecule has 0 saturated carbocycles. The predicted molar refractivity (Wildman–Crippen MR) is 72.7 cm³/mol. The predicted octanol–water partition coefficient (Wildman–Crippen LogP) is 2.22. The van der Waals surface area contributed by atoms with Gasteiger partial charge in [0.15, 0.2) is 0 Å². The average Bonchev–Trinajstić information content (AvgIpc) is 2.27. The fourth-order valence-electron chi connectivity index (χ4n) is 1.36. The molecule has 5 heteroatoms. The van der Waals surface area contributed by atoms with Crippen molar-refractivity contribution in [3.05, 3.63) is 34.3 Å². The van der Waals surface area contributed by atoms with E-state index in [1.165, 1.54) is 0 Å². The van der Waals surface area contributed by atoms with Crippen molar-refractivity contribution in [3.63, 3.8) is 0 Å². The van der Waals surface area contributed by atoms with Gasteiger partial charge in [0.2, 0.25) is 0 Å². The molecule has 0 aliphatic heterocycles. The maximum atomic E-state index is 11.5. The van der Waals surface area contributed by atoms with Crippen LogP contribution in [0, 0.1) is 6.92 Å². The molecular weight excluding hydrogens is 252 g/mol. The fourth-order valence-corrected chi connectivity index (χ4v) is 1.48. The third-order valence-electron chi connectivity index (χ3n) is 2.36. The van der Waals surface area contributed by atoms with Crippen molar-refractivity contribution >= 4 is 17.6 Å². The second-order valence-electron chi connectivity index (χ2n) is 4.93. The number of urea groups is 1. The number of carbonyl (C=O) groups excluding carboxylic acids is 1. The molecular formula is C13H19ClN2O2. The first kappa shape index (κ1) is 14.8. The number of aliphatic hydroxyl groups is 1. The zero-order valence-electron chi connectivity index (χ0n) is 10.9. The van der Waals surface area contributed by atoms with E-state index < -0.39 is 5.60 Å². The van der Waals surface area contributed by atoms with E-state index in [1.807, 2.05) is 25.1 Å². The summed E-state index contributed by atoms with van der Waals surface area (Å²) >= 11 is 5.92. The van der Waals surface area contributed by atoms with Crippen molar-refractivity contribution in [1.29, 1.82) is 0 Å². The summed E-state index contributed by atoms with van der Waals surface area (Å²) < 4.78 is 0. The van der Waals surface area contributed by atoms with E-state index in [4.69, 9.17) is 11.6 Å². The average molecular weight is 271 g/mol. The lowest BCUT2D eigenvalue weighted by atomic mass is 10.1. The minimum atomic E-state index is -0.909. The van der Waals surface area contributed by atoms with Crippen LogP contribution in [0.5, 0.6) is 0 Å². The Kier molecular flexibility index (Phi) is 4.99. The van der Waals surface area contributed by atoms with Crippen LogP contribution in [0.2, 0.25) is 5.02 Å². The van der Waals surface area contributed by atoms with Gasteiger partial charge in [0.05, 0.1) is 5.60 Å². The number of hydrogen-bond acceptors (Lipinski definition) is 2. The minimum absolute atomic E-state index is 0.207. The maximum Gasteiger partial charge on any atom is 0.315 e. The number of nitrogens with one attached hydrogen (secondary N) is 2. The fraction of sp³-hybridized carbons (Fsp3) is 0.462. The van der Waals surface area contributed by atoms with Gasteiger partial charge in [0, 0.05) is 18.1 Å². The Morgan fingerprint density at radius 3 is 2.61 bits per heavy atom. The summed E-state index contributed by atoms with van der Waals surface area (Å²) in [6.07, 6.45) is 0. The minimum Gasteiger partial charge on any atom is -0.389 e. The highest BCUT2D eigenvalue weighted by molar-refractivity contribution is 6.31. The number of rotatable bonds is 4. The van der Waals surface area contributed by atoms with Crippen molar-refractivity contribution in [2.24, 2.45) is 0 Å². The van der Waals surface area contributed by atoms with Crippen molar-refractivity contribution in [1.82, 2.24) is 10.6 Å². The van der Waals surface area contributed by atoms with E-state index in [0.717, 1.165) is 11.1 Å². The Bertz CT molecular complexity index is 427. The number of amides is 2. The third-order valence-corrected chi connectivity index (χ3v) is 2.78. The quantitative estimate of drug-likeness (QED) is 0.786. The van der Waals surface area contributed by atoms with E-state index in [0.29, 0.717) is 11.6 Å². The molecule has 1 rings (SSSR count). The zero-order chi connectivity index (χ0) is 13.8. The second-order valence-corrected chi connectivity index (χ2v) is 5.34. The molecule has 2 amide bonds. The van der Waals surface area contributed by atoms with Gasteiger partial charge in [0.1, 0.15) is 0 Å². The molecule has 4 nitrogen and oxygen atoms in total. The summed E-state index contributed by atoms with van der Waals surface area (Å²) in [6, 6.07) is 5.30. The standard InChI is InChI=1S/C13H19ClN2O2/c1-9-6-10(4-5-11(9)14)7-15-12(17)16-8-13(2,3)18/h4-6,18H,7-8H2,1-3H3,(H2,15,16,17). The van der Waals surface area contributed by atoms with Crippen LogP contribution in [-0.4, -0.2) is 23.3 Å². The van der Waals surface area contributed by atoms with Crippen LogP contribution in [0.15, 0.2) is 18.2 Å². The highest BCUT2D eigenvalue weighted by Gasteiger charge is 2.13. The van der Waals surface area contributed by atoms with Gasteiger partial charge in [-0.1, -0.05) is 23.7 Å². The summed E-state index contributed by atoms with van der Waals surface area (Å²) in [6.45, 7) is 5.82. The summed E-state index contributed by atoms with van der Waals surface area (Å²) in [4.78, 5) is 11.5. The summed E-state index contributed by atoms with van der Waals surface area (Å²) in [7, 11) is 0. The Morgan fingerprint density at radius 1 is 1.39 bits per heavy atom. The molecule has 0 aromatic heterocycles. The lowest BCUT2D eigenvalue weighted by molar-refractivity contribution is 0.0819. The highest BCUT2D eigenvalue weighted by Crippen LogP contribution is 2.15. The molecule has 0 radical (unpaired) electrons. The van der Waals surface area contributed by atoms with Gasteiger partial charge < -0.3 is 15.7 Å². The van der Waals surface area contributed by atoms with Gasteiger partial charge in [-0.25, -0.2) is 4.79 Å². The Labute approximate surface area is 112 Å². The van der Waals surface area contributed by atoms with Crippen molar-refractivity contribution in [2.45, 2.75) is 32.9 Å². The molecule has 100 valence electrons. The van der Waals surface area contributed by atoms with Crippen molar-refractivity contribution in [2.75, 3.05) is 6.54 Å². The number of halogens is 1. The van der Waals surface area contributed by atoms with E-state index in [1.54, 1.807) is 13.8 Å². The van der Waals surface area contributed by atoms with Gasteiger partial charge in [-0.2, -0.15) is 0 Å². The Morgan fingerprint density at radius 2 is 2.06 bits per heavy atom. The van der Waals surface area contributed by atoms with Crippen molar-refractivity contribution in [3.8, 4) is 0 Å². The number of benzene rings is 1. The first-order chi connectivity index (χ1) is 8.28. The van der Waals surface area contributed by atoms with Crippen LogP contribution in [0.3, 0.4) is 0 Å². The number of aryl methyl sites for hydroxylation is 1.